The Balaban J connectivity index is 1.97. The first-order valence-electron chi connectivity index (χ1n) is 8.24. The molecule has 120 valence electrons. The SMILES string of the molecule is COc1ccc([C@@H]2CN(C(C)C)C(=O)C23CCNCC3)cc1. The highest BCUT2D eigenvalue weighted by atomic mass is 16.5. The van der Waals surface area contributed by atoms with Crippen molar-refractivity contribution in [1.29, 1.82) is 0 Å². The van der Waals surface area contributed by atoms with Crippen LogP contribution in [0.3, 0.4) is 0 Å². The van der Waals surface area contributed by atoms with E-state index in [1.165, 1.54) is 5.56 Å². The predicted octanol–water partition coefficient (Wildman–Crippen LogP) is 2.40. The van der Waals surface area contributed by atoms with Crippen molar-refractivity contribution in [3.8, 4) is 5.75 Å². The summed E-state index contributed by atoms with van der Waals surface area (Å²) in [6.45, 7) is 6.93. The van der Waals surface area contributed by atoms with Crippen LogP contribution in [0, 0.1) is 5.41 Å². The maximum Gasteiger partial charge on any atom is 0.229 e. The van der Waals surface area contributed by atoms with Gasteiger partial charge in [0.25, 0.3) is 0 Å². The van der Waals surface area contributed by atoms with Crippen LogP contribution >= 0.6 is 0 Å². The molecular formula is C18H26N2O2. The maximum absolute atomic E-state index is 13.1. The summed E-state index contributed by atoms with van der Waals surface area (Å²) in [6.07, 6.45) is 1.87. The molecule has 1 aromatic carbocycles. The van der Waals surface area contributed by atoms with Crippen molar-refractivity contribution >= 4 is 5.91 Å². The Hall–Kier alpha value is -1.55. The van der Waals surface area contributed by atoms with Crippen molar-refractivity contribution in [2.45, 2.75) is 38.6 Å². The minimum atomic E-state index is -0.218. The predicted molar refractivity (Wildman–Crippen MR) is 87.1 cm³/mol. The topological polar surface area (TPSA) is 41.6 Å². The van der Waals surface area contributed by atoms with E-state index in [9.17, 15) is 4.79 Å². The molecule has 2 aliphatic rings. The van der Waals surface area contributed by atoms with Gasteiger partial charge in [0.15, 0.2) is 0 Å². The third-order valence-corrected chi connectivity index (χ3v) is 5.37. The second-order valence-electron chi connectivity index (χ2n) is 6.78. The molecule has 0 bridgehead atoms. The summed E-state index contributed by atoms with van der Waals surface area (Å²) >= 11 is 0. The number of hydrogen-bond donors (Lipinski definition) is 1. The number of nitrogens with zero attached hydrogens (tertiary/aromatic N) is 1. The van der Waals surface area contributed by atoms with Crippen LogP contribution in [0.5, 0.6) is 5.75 Å². The zero-order valence-electron chi connectivity index (χ0n) is 13.8. The standard InChI is InChI=1S/C18H26N2O2/c1-13(2)20-12-16(14-4-6-15(22-3)7-5-14)18(17(20)21)8-10-19-11-9-18/h4-7,13,16,19H,8-12H2,1-3H3/t16-/m0/s1. The fourth-order valence-corrected chi connectivity index (χ4v) is 4.03. The van der Waals surface area contributed by atoms with Gasteiger partial charge < -0.3 is 15.0 Å². The minimum absolute atomic E-state index is 0.218. The Morgan fingerprint density at radius 2 is 1.86 bits per heavy atom. The number of carbonyl (C=O) groups excluding carboxylic acids is 1. The fraction of sp³-hybridized carbons (Fsp3) is 0.611. The molecule has 4 heteroatoms. The van der Waals surface area contributed by atoms with Crippen molar-refractivity contribution in [2.24, 2.45) is 5.41 Å². The van der Waals surface area contributed by atoms with Crippen LogP contribution in [0.1, 0.15) is 38.2 Å². The third kappa shape index (κ3) is 2.39. The fourth-order valence-electron chi connectivity index (χ4n) is 4.03. The van der Waals surface area contributed by atoms with Gasteiger partial charge in [0.05, 0.1) is 12.5 Å². The minimum Gasteiger partial charge on any atom is -0.497 e. The quantitative estimate of drug-likeness (QED) is 0.932. The van der Waals surface area contributed by atoms with E-state index in [2.05, 4.69) is 36.2 Å². The monoisotopic (exact) mass is 302 g/mol. The van der Waals surface area contributed by atoms with Gasteiger partial charge in [0, 0.05) is 18.5 Å². The molecule has 1 amide bonds. The number of ether oxygens (including phenoxy) is 1. The molecule has 1 N–H and O–H groups in total. The van der Waals surface area contributed by atoms with E-state index in [4.69, 9.17) is 4.74 Å². The van der Waals surface area contributed by atoms with Crippen LogP contribution in [-0.2, 0) is 4.79 Å². The summed E-state index contributed by atoms with van der Waals surface area (Å²) in [5.74, 6) is 1.51. The average molecular weight is 302 g/mol. The lowest BCUT2D eigenvalue weighted by molar-refractivity contribution is -0.139. The first-order chi connectivity index (χ1) is 10.6. The normalized spacial score (nSPS) is 24.3. The summed E-state index contributed by atoms with van der Waals surface area (Å²) in [7, 11) is 1.68. The van der Waals surface area contributed by atoms with Gasteiger partial charge in [-0.15, -0.1) is 0 Å². The van der Waals surface area contributed by atoms with Crippen LogP contribution in [-0.4, -0.2) is 43.6 Å². The molecule has 0 radical (unpaired) electrons. The number of nitrogens with one attached hydrogen (secondary N) is 1. The molecule has 3 rings (SSSR count). The Labute approximate surface area is 132 Å². The summed E-state index contributed by atoms with van der Waals surface area (Å²) in [5, 5.41) is 3.40. The van der Waals surface area contributed by atoms with E-state index in [0.29, 0.717) is 5.91 Å². The van der Waals surface area contributed by atoms with E-state index in [0.717, 1.165) is 38.2 Å². The molecule has 2 saturated heterocycles. The van der Waals surface area contributed by atoms with Crippen molar-refractivity contribution in [3.05, 3.63) is 29.8 Å². The molecule has 0 aliphatic carbocycles. The van der Waals surface area contributed by atoms with E-state index in [-0.39, 0.29) is 17.4 Å². The average Bonchev–Trinajstić information content (AvgIpc) is 2.82. The van der Waals surface area contributed by atoms with Gasteiger partial charge >= 0.3 is 0 Å². The molecule has 0 aromatic heterocycles. The second-order valence-corrected chi connectivity index (χ2v) is 6.78. The summed E-state index contributed by atoms with van der Waals surface area (Å²) in [5.41, 5.74) is 1.05. The molecule has 1 atom stereocenters. The molecule has 1 aromatic rings. The number of carbonyl (C=O) groups is 1. The van der Waals surface area contributed by atoms with Crippen molar-refractivity contribution in [1.82, 2.24) is 10.2 Å². The van der Waals surface area contributed by atoms with Gasteiger partial charge in [-0.3, -0.25) is 4.79 Å². The first kappa shape index (κ1) is 15.3. The van der Waals surface area contributed by atoms with Crippen molar-refractivity contribution in [2.75, 3.05) is 26.7 Å². The van der Waals surface area contributed by atoms with Crippen LogP contribution in [0.2, 0.25) is 0 Å². The molecule has 2 fully saturated rings. The van der Waals surface area contributed by atoms with Gasteiger partial charge in [0.1, 0.15) is 5.75 Å². The van der Waals surface area contributed by atoms with Crippen LogP contribution in [0.25, 0.3) is 0 Å². The lowest BCUT2D eigenvalue weighted by atomic mass is 9.68. The molecule has 0 saturated carbocycles. The third-order valence-electron chi connectivity index (χ3n) is 5.37. The molecular weight excluding hydrogens is 276 g/mol. The number of likely N-dealkylation sites (tertiary alicyclic amines) is 1. The highest BCUT2D eigenvalue weighted by Crippen LogP contribution is 2.50. The molecule has 2 aliphatic heterocycles. The van der Waals surface area contributed by atoms with Crippen LogP contribution in [0.4, 0.5) is 0 Å². The van der Waals surface area contributed by atoms with Crippen LogP contribution in [0.15, 0.2) is 24.3 Å². The van der Waals surface area contributed by atoms with Crippen LogP contribution < -0.4 is 10.1 Å². The molecule has 1 spiro atoms. The van der Waals surface area contributed by atoms with E-state index in [1.54, 1.807) is 7.11 Å². The lowest BCUT2D eigenvalue weighted by Crippen LogP contribution is -2.45. The number of hydrogen-bond acceptors (Lipinski definition) is 3. The maximum atomic E-state index is 13.1. The summed E-state index contributed by atoms with van der Waals surface area (Å²) in [6, 6.07) is 8.54. The van der Waals surface area contributed by atoms with Gasteiger partial charge in [-0.25, -0.2) is 0 Å². The van der Waals surface area contributed by atoms with Gasteiger partial charge in [-0.2, -0.15) is 0 Å². The molecule has 0 unspecified atom stereocenters. The number of amides is 1. The Morgan fingerprint density at radius 3 is 2.41 bits per heavy atom. The molecule has 4 nitrogen and oxygen atoms in total. The van der Waals surface area contributed by atoms with Gasteiger partial charge in [-0.1, -0.05) is 12.1 Å². The highest BCUT2D eigenvalue weighted by molar-refractivity contribution is 5.87. The molecule has 2 heterocycles. The summed E-state index contributed by atoms with van der Waals surface area (Å²) in [4.78, 5) is 15.2. The zero-order valence-corrected chi connectivity index (χ0v) is 13.8. The Kier molecular flexibility index (Phi) is 4.13. The van der Waals surface area contributed by atoms with Gasteiger partial charge in [-0.05, 0) is 57.5 Å². The molecule has 22 heavy (non-hydrogen) atoms. The summed E-state index contributed by atoms with van der Waals surface area (Å²) < 4.78 is 5.26. The second kappa shape index (κ2) is 5.92. The Morgan fingerprint density at radius 1 is 1.23 bits per heavy atom. The first-order valence-corrected chi connectivity index (χ1v) is 8.24. The number of rotatable bonds is 3. The lowest BCUT2D eigenvalue weighted by Gasteiger charge is -2.37. The van der Waals surface area contributed by atoms with Crippen molar-refractivity contribution in [3.63, 3.8) is 0 Å². The van der Waals surface area contributed by atoms with Gasteiger partial charge in [0.2, 0.25) is 5.91 Å². The smallest absolute Gasteiger partial charge is 0.229 e. The highest BCUT2D eigenvalue weighted by Gasteiger charge is 2.54. The van der Waals surface area contributed by atoms with E-state index >= 15 is 0 Å². The number of piperidine rings is 1. The van der Waals surface area contributed by atoms with Crippen molar-refractivity contribution < 1.29 is 9.53 Å². The number of benzene rings is 1. The van der Waals surface area contributed by atoms with E-state index < -0.39 is 0 Å². The zero-order chi connectivity index (χ0) is 15.7. The largest absolute Gasteiger partial charge is 0.497 e. The van der Waals surface area contributed by atoms with E-state index in [1.807, 2.05) is 12.1 Å². The number of methoxy groups -OCH3 is 1. The Bertz CT molecular complexity index is 533.